The molecule has 118 valence electrons. The lowest BCUT2D eigenvalue weighted by Crippen LogP contribution is -2.07. The summed E-state index contributed by atoms with van der Waals surface area (Å²) in [6, 6.07) is 8.95. The normalized spacial score (nSPS) is 9.48. The highest BCUT2D eigenvalue weighted by Crippen LogP contribution is 2.18. The van der Waals surface area contributed by atoms with Crippen molar-refractivity contribution in [3.05, 3.63) is 34.4 Å². The average molecular weight is 311 g/mol. The molecule has 0 saturated heterocycles. The summed E-state index contributed by atoms with van der Waals surface area (Å²) in [4.78, 5) is 11.2. The van der Waals surface area contributed by atoms with E-state index in [2.05, 4.69) is 0 Å². The molecule has 0 bridgehead atoms. The van der Waals surface area contributed by atoms with Gasteiger partial charge in [-0.2, -0.15) is 15.8 Å². The molecule has 0 aliphatic carbocycles. The number of aliphatic hydroxyl groups is 1. The van der Waals surface area contributed by atoms with E-state index in [1.807, 2.05) is 18.2 Å². The highest BCUT2D eigenvalue weighted by molar-refractivity contribution is 5.69. The molecule has 0 aliphatic rings. The molecule has 0 spiro atoms. The van der Waals surface area contributed by atoms with Crippen LogP contribution in [0.5, 0.6) is 0 Å². The standard InChI is InChI=1S/C17H17N3O3/c18-10-14-9-16(12-20)15(11-19)8-13(14)4-2-1-3-5-17(22)23-7-6-21/h8-9,21H,1-7H2. The Kier molecular flexibility index (Phi) is 7.86. The monoisotopic (exact) mass is 311 g/mol. The van der Waals surface area contributed by atoms with Crippen molar-refractivity contribution in [1.29, 1.82) is 15.8 Å². The molecule has 23 heavy (non-hydrogen) atoms. The van der Waals surface area contributed by atoms with Crippen LogP contribution in [0.25, 0.3) is 0 Å². The SMILES string of the molecule is N#Cc1cc(C#N)c(CCCCCC(=O)OCCO)cc1C#N. The zero-order valence-corrected chi connectivity index (χ0v) is 12.7. The maximum atomic E-state index is 11.2. The second-order valence-corrected chi connectivity index (χ2v) is 4.90. The minimum Gasteiger partial charge on any atom is -0.463 e. The molecular weight excluding hydrogens is 294 g/mol. The molecule has 0 atom stereocenters. The van der Waals surface area contributed by atoms with Crippen molar-refractivity contribution in [2.24, 2.45) is 0 Å². The molecule has 6 heteroatoms. The summed E-state index contributed by atoms with van der Waals surface area (Å²) < 4.78 is 4.75. The van der Waals surface area contributed by atoms with Crippen LogP contribution < -0.4 is 0 Å². The van der Waals surface area contributed by atoms with E-state index in [4.69, 9.17) is 25.6 Å². The first kappa shape index (κ1) is 18.2. The summed E-state index contributed by atoms with van der Waals surface area (Å²) in [6.45, 7) is -0.158. The van der Waals surface area contributed by atoms with Crippen molar-refractivity contribution in [3.8, 4) is 18.2 Å². The van der Waals surface area contributed by atoms with Gasteiger partial charge in [0, 0.05) is 6.42 Å². The molecule has 0 saturated carbocycles. The summed E-state index contributed by atoms with van der Waals surface area (Å²) >= 11 is 0. The topological polar surface area (TPSA) is 118 Å². The highest BCUT2D eigenvalue weighted by Gasteiger charge is 2.10. The van der Waals surface area contributed by atoms with Gasteiger partial charge in [0.2, 0.25) is 0 Å². The fourth-order valence-corrected chi connectivity index (χ4v) is 2.13. The largest absolute Gasteiger partial charge is 0.463 e. The predicted molar refractivity (Wildman–Crippen MR) is 80.8 cm³/mol. The van der Waals surface area contributed by atoms with Gasteiger partial charge in [-0.15, -0.1) is 0 Å². The smallest absolute Gasteiger partial charge is 0.305 e. The van der Waals surface area contributed by atoms with Gasteiger partial charge in [-0.1, -0.05) is 6.42 Å². The average Bonchev–Trinajstić information content (AvgIpc) is 2.58. The van der Waals surface area contributed by atoms with Gasteiger partial charge in [-0.3, -0.25) is 4.79 Å². The number of ether oxygens (including phenoxy) is 1. The zero-order chi connectivity index (χ0) is 17.1. The van der Waals surface area contributed by atoms with Gasteiger partial charge in [0.25, 0.3) is 0 Å². The molecule has 0 amide bonds. The molecule has 1 rings (SSSR count). The fraction of sp³-hybridized carbons (Fsp3) is 0.412. The third kappa shape index (κ3) is 5.79. The first-order valence-corrected chi connectivity index (χ1v) is 7.30. The first-order valence-electron chi connectivity index (χ1n) is 7.30. The number of hydrogen-bond acceptors (Lipinski definition) is 6. The number of carbonyl (C=O) groups is 1. The lowest BCUT2D eigenvalue weighted by atomic mass is 9.96. The number of aliphatic hydroxyl groups excluding tert-OH is 1. The predicted octanol–water partition coefficient (Wildman–Crippen LogP) is 1.94. The van der Waals surface area contributed by atoms with E-state index in [1.165, 1.54) is 6.07 Å². The van der Waals surface area contributed by atoms with Crippen LogP contribution in [0.4, 0.5) is 0 Å². The van der Waals surface area contributed by atoms with Gasteiger partial charge >= 0.3 is 5.97 Å². The van der Waals surface area contributed by atoms with Crippen molar-refractivity contribution in [2.45, 2.75) is 32.1 Å². The Labute approximate surface area is 135 Å². The lowest BCUT2D eigenvalue weighted by Gasteiger charge is -2.06. The van der Waals surface area contributed by atoms with Crippen LogP contribution in [-0.4, -0.2) is 24.3 Å². The number of hydrogen-bond donors (Lipinski definition) is 1. The Morgan fingerprint density at radius 2 is 1.65 bits per heavy atom. The number of aryl methyl sites for hydroxylation is 1. The van der Waals surface area contributed by atoms with Crippen molar-refractivity contribution in [2.75, 3.05) is 13.2 Å². The van der Waals surface area contributed by atoms with Gasteiger partial charge in [0.15, 0.2) is 0 Å². The van der Waals surface area contributed by atoms with Crippen molar-refractivity contribution in [3.63, 3.8) is 0 Å². The number of unbranched alkanes of at least 4 members (excludes halogenated alkanes) is 2. The van der Waals surface area contributed by atoms with E-state index in [-0.39, 0.29) is 30.3 Å². The summed E-state index contributed by atoms with van der Waals surface area (Å²) in [5.41, 5.74) is 1.63. The van der Waals surface area contributed by atoms with Gasteiger partial charge in [0.05, 0.1) is 29.4 Å². The number of rotatable bonds is 8. The fourth-order valence-electron chi connectivity index (χ4n) is 2.13. The van der Waals surface area contributed by atoms with Crippen LogP contribution >= 0.6 is 0 Å². The maximum Gasteiger partial charge on any atom is 0.305 e. The number of esters is 1. The Morgan fingerprint density at radius 3 is 2.26 bits per heavy atom. The zero-order valence-electron chi connectivity index (χ0n) is 12.7. The molecule has 1 aromatic carbocycles. The number of nitriles is 3. The Morgan fingerprint density at radius 1 is 1.00 bits per heavy atom. The van der Waals surface area contributed by atoms with E-state index < -0.39 is 0 Å². The second kappa shape index (κ2) is 9.95. The molecule has 6 nitrogen and oxygen atoms in total. The first-order chi connectivity index (χ1) is 11.2. The molecule has 0 radical (unpaired) electrons. The van der Waals surface area contributed by atoms with Crippen LogP contribution in [0.15, 0.2) is 12.1 Å². The summed E-state index contributed by atoms with van der Waals surface area (Å²) in [5, 5.41) is 35.6. The Bertz CT molecular complexity index is 678. The quantitative estimate of drug-likeness (QED) is 0.579. The van der Waals surface area contributed by atoms with Crippen LogP contribution in [0, 0.1) is 34.0 Å². The molecule has 0 heterocycles. The Balaban J connectivity index is 2.53. The number of carbonyl (C=O) groups excluding carboxylic acids is 1. The molecule has 0 unspecified atom stereocenters. The van der Waals surface area contributed by atoms with Crippen molar-refractivity contribution in [1.82, 2.24) is 0 Å². The summed E-state index contributed by atoms with van der Waals surface area (Å²) in [5.74, 6) is -0.332. The van der Waals surface area contributed by atoms with Crippen LogP contribution in [-0.2, 0) is 16.0 Å². The molecule has 1 aromatic rings. The minimum absolute atomic E-state index is 0.0204. The molecule has 1 N–H and O–H groups in total. The van der Waals surface area contributed by atoms with Crippen molar-refractivity contribution >= 4 is 5.97 Å². The van der Waals surface area contributed by atoms with E-state index >= 15 is 0 Å². The van der Waals surface area contributed by atoms with E-state index in [9.17, 15) is 4.79 Å². The third-order valence-corrected chi connectivity index (χ3v) is 3.29. The van der Waals surface area contributed by atoms with Gasteiger partial charge in [0.1, 0.15) is 18.7 Å². The third-order valence-electron chi connectivity index (χ3n) is 3.29. The Hall–Kier alpha value is -2.88. The molecule has 0 aromatic heterocycles. The maximum absolute atomic E-state index is 11.2. The van der Waals surface area contributed by atoms with E-state index in [0.29, 0.717) is 24.8 Å². The van der Waals surface area contributed by atoms with Crippen LogP contribution in [0.1, 0.15) is 47.9 Å². The van der Waals surface area contributed by atoms with Gasteiger partial charge in [-0.25, -0.2) is 0 Å². The lowest BCUT2D eigenvalue weighted by molar-refractivity contribution is -0.144. The van der Waals surface area contributed by atoms with E-state index in [1.54, 1.807) is 6.07 Å². The summed E-state index contributed by atoms with van der Waals surface area (Å²) in [7, 11) is 0. The van der Waals surface area contributed by atoms with Crippen LogP contribution in [0.2, 0.25) is 0 Å². The molecule has 0 aliphatic heterocycles. The molecular formula is C17H17N3O3. The van der Waals surface area contributed by atoms with Crippen molar-refractivity contribution < 1.29 is 14.6 Å². The number of benzene rings is 1. The van der Waals surface area contributed by atoms with E-state index in [0.717, 1.165) is 18.4 Å². The second-order valence-electron chi connectivity index (χ2n) is 4.90. The van der Waals surface area contributed by atoms with Gasteiger partial charge < -0.3 is 9.84 Å². The summed E-state index contributed by atoms with van der Waals surface area (Å²) in [6.07, 6.45) is 3.10. The van der Waals surface area contributed by atoms with Gasteiger partial charge in [-0.05, 0) is 37.0 Å². The van der Waals surface area contributed by atoms with Crippen LogP contribution in [0.3, 0.4) is 0 Å². The minimum atomic E-state index is -0.332. The number of nitrogens with zero attached hydrogens (tertiary/aromatic N) is 3. The molecule has 0 fully saturated rings. The highest BCUT2D eigenvalue weighted by atomic mass is 16.5.